The average molecular weight is 343 g/mol. The zero-order valence-corrected chi connectivity index (χ0v) is 14.3. The molecule has 7 heteroatoms. The van der Waals surface area contributed by atoms with Crippen molar-refractivity contribution in [3.05, 3.63) is 35.7 Å². The van der Waals surface area contributed by atoms with Gasteiger partial charge in [-0.15, -0.1) is 0 Å². The van der Waals surface area contributed by atoms with E-state index in [1.807, 2.05) is 32.0 Å². The maximum absolute atomic E-state index is 12.5. The molecule has 132 valence electrons. The highest BCUT2D eigenvalue weighted by Gasteiger charge is 2.27. The SMILES string of the molecule is Cc1coc(-c2ccc(C)c(NC(=O)N3CCC(C(=O)O)CC3)c2)n1. The maximum atomic E-state index is 12.5. The predicted molar refractivity (Wildman–Crippen MR) is 92.4 cm³/mol. The summed E-state index contributed by atoms with van der Waals surface area (Å²) in [5.41, 5.74) is 3.21. The van der Waals surface area contributed by atoms with E-state index in [9.17, 15) is 9.59 Å². The van der Waals surface area contributed by atoms with Gasteiger partial charge >= 0.3 is 12.0 Å². The predicted octanol–water partition coefficient (Wildman–Crippen LogP) is 3.29. The lowest BCUT2D eigenvalue weighted by Crippen LogP contribution is -2.42. The van der Waals surface area contributed by atoms with Crippen molar-refractivity contribution in [1.82, 2.24) is 9.88 Å². The second-order valence-electron chi connectivity index (χ2n) is 6.35. The number of hydrogen-bond acceptors (Lipinski definition) is 4. The standard InChI is InChI=1S/C18H21N3O4/c1-11-3-4-14(16-19-12(2)10-25-16)9-15(11)20-18(24)21-7-5-13(6-8-21)17(22)23/h3-4,9-10,13H,5-8H2,1-2H3,(H,20,24)(H,22,23). The van der Waals surface area contributed by atoms with Crippen LogP contribution in [0.2, 0.25) is 0 Å². The third-order valence-corrected chi connectivity index (χ3v) is 4.48. The molecule has 1 fully saturated rings. The molecule has 7 nitrogen and oxygen atoms in total. The van der Waals surface area contributed by atoms with Crippen LogP contribution in [0.25, 0.3) is 11.5 Å². The molecule has 0 aliphatic carbocycles. The summed E-state index contributed by atoms with van der Waals surface area (Å²) >= 11 is 0. The first-order valence-corrected chi connectivity index (χ1v) is 8.26. The van der Waals surface area contributed by atoms with Crippen LogP contribution in [0.5, 0.6) is 0 Å². The summed E-state index contributed by atoms with van der Waals surface area (Å²) in [6, 6.07) is 5.42. The van der Waals surface area contributed by atoms with E-state index in [1.54, 1.807) is 11.2 Å². The van der Waals surface area contributed by atoms with E-state index >= 15 is 0 Å². The molecule has 0 saturated carbocycles. The Bertz CT molecular complexity index is 791. The molecule has 1 saturated heterocycles. The van der Waals surface area contributed by atoms with Crippen molar-refractivity contribution >= 4 is 17.7 Å². The average Bonchev–Trinajstić information content (AvgIpc) is 3.03. The number of aryl methyl sites for hydroxylation is 2. The summed E-state index contributed by atoms with van der Waals surface area (Å²) in [6.45, 7) is 4.66. The maximum Gasteiger partial charge on any atom is 0.321 e. The zero-order valence-electron chi connectivity index (χ0n) is 14.3. The normalized spacial score (nSPS) is 15.2. The fraction of sp³-hybridized carbons (Fsp3) is 0.389. The molecule has 0 atom stereocenters. The minimum Gasteiger partial charge on any atom is -0.481 e. The van der Waals surface area contributed by atoms with E-state index in [2.05, 4.69) is 10.3 Å². The van der Waals surface area contributed by atoms with Crippen molar-refractivity contribution in [2.75, 3.05) is 18.4 Å². The summed E-state index contributed by atoms with van der Waals surface area (Å²) in [5, 5.41) is 12.0. The van der Waals surface area contributed by atoms with E-state index in [1.165, 1.54) is 0 Å². The number of nitrogens with zero attached hydrogens (tertiary/aromatic N) is 2. The third-order valence-electron chi connectivity index (χ3n) is 4.48. The number of carboxylic acids is 1. The number of urea groups is 1. The first-order valence-electron chi connectivity index (χ1n) is 8.26. The van der Waals surface area contributed by atoms with E-state index in [0.717, 1.165) is 16.8 Å². The number of anilines is 1. The van der Waals surface area contributed by atoms with Gasteiger partial charge in [0, 0.05) is 24.3 Å². The third kappa shape index (κ3) is 3.81. The molecule has 25 heavy (non-hydrogen) atoms. The van der Waals surface area contributed by atoms with E-state index in [0.29, 0.717) is 37.5 Å². The number of carbonyl (C=O) groups excluding carboxylic acids is 1. The Morgan fingerprint density at radius 3 is 2.60 bits per heavy atom. The van der Waals surface area contributed by atoms with Crippen molar-refractivity contribution in [2.45, 2.75) is 26.7 Å². The molecule has 1 aromatic carbocycles. The number of likely N-dealkylation sites (tertiary alicyclic amines) is 1. The van der Waals surface area contributed by atoms with Gasteiger partial charge in [-0.2, -0.15) is 0 Å². The number of aliphatic carboxylic acids is 1. The molecule has 3 rings (SSSR count). The molecule has 0 unspecified atom stereocenters. The zero-order chi connectivity index (χ0) is 18.0. The van der Waals surface area contributed by atoms with Crippen LogP contribution in [0, 0.1) is 19.8 Å². The van der Waals surface area contributed by atoms with E-state index in [-0.39, 0.29) is 11.9 Å². The van der Waals surface area contributed by atoms with Gasteiger partial charge in [-0.1, -0.05) is 6.07 Å². The molecule has 2 N–H and O–H groups in total. The second-order valence-corrected chi connectivity index (χ2v) is 6.35. The Hall–Kier alpha value is -2.83. The number of amides is 2. The largest absolute Gasteiger partial charge is 0.481 e. The van der Waals surface area contributed by atoms with Crippen LogP contribution in [0.15, 0.2) is 28.9 Å². The quantitative estimate of drug-likeness (QED) is 0.891. The molecule has 0 bridgehead atoms. The molecule has 0 radical (unpaired) electrons. The van der Waals surface area contributed by atoms with Gasteiger partial charge in [0.05, 0.1) is 11.6 Å². The number of piperidine rings is 1. The Labute approximate surface area is 145 Å². The molecule has 1 aliphatic rings. The molecule has 1 aliphatic heterocycles. The number of carbonyl (C=O) groups is 2. The van der Waals surface area contributed by atoms with Crippen LogP contribution in [-0.4, -0.2) is 40.1 Å². The van der Waals surface area contributed by atoms with Crippen LogP contribution < -0.4 is 5.32 Å². The smallest absolute Gasteiger partial charge is 0.321 e. The topological polar surface area (TPSA) is 95.7 Å². The van der Waals surface area contributed by atoms with Crippen LogP contribution in [0.1, 0.15) is 24.1 Å². The van der Waals surface area contributed by atoms with Crippen LogP contribution >= 0.6 is 0 Å². The lowest BCUT2D eigenvalue weighted by atomic mass is 9.97. The Morgan fingerprint density at radius 1 is 1.28 bits per heavy atom. The van der Waals surface area contributed by atoms with Gasteiger partial charge in [0.25, 0.3) is 0 Å². The van der Waals surface area contributed by atoms with Gasteiger partial charge in [-0.05, 0) is 44.4 Å². The lowest BCUT2D eigenvalue weighted by Gasteiger charge is -2.30. The van der Waals surface area contributed by atoms with Crippen molar-refractivity contribution in [3.8, 4) is 11.5 Å². The number of rotatable bonds is 3. The van der Waals surface area contributed by atoms with Crippen LogP contribution in [0.4, 0.5) is 10.5 Å². The molecular formula is C18H21N3O4. The van der Waals surface area contributed by atoms with Crippen molar-refractivity contribution in [2.24, 2.45) is 5.92 Å². The first-order chi connectivity index (χ1) is 11.9. The summed E-state index contributed by atoms with van der Waals surface area (Å²) < 4.78 is 5.41. The number of benzene rings is 1. The minimum atomic E-state index is -0.787. The van der Waals surface area contributed by atoms with Gasteiger partial charge in [-0.3, -0.25) is 4.79 Å². The number of carboxylic acid groups (broad SMARTS) is 1. The van der Waals surface area contributed by atoms with Gasteiger partial charge in [0.1, 0.15) is 6.26 Å². The number of nitrogens with one attached hydrogen (secondary N) is 1. The minimum absolute atomic E-state index is 0.215. The Kier molecular flexibility index (Phi) is 4.74. The fourth-order valence-electron chi connectivity index (χ4n) is 2.90. The Balaban J connectivity index is 1.70. The Morgan fingerprint density at radius 2 is 2.00 bits per heavy atom. The summed E-state index contributed by atoms with van der Waals surface area (Å²) in [6.07, 6.45) is 2.55. The molecule has 2 aromatic rings. The van der Waals surface area contributed by atoms with Crippen molar-refractivity contribution < 1.29 is 19.1 Å². The fourth-order valence-corrected chi connectivity index (χ4v) is 2.90. The molecule has 2 amide bonds. The number of oxazole rings is 1. The van der Waals surface area contributed by atoms with Gasteiger partial charge in [0.2, 0.25) is 5.89 Å². The monoisotopic (exact) mass is 343 g/mol. The number of aromatic nitrogens is 1. The number of hydrogen-bond donors (Lipinski definition) is 2. The van der Waals surface area contributed by atoms with Gasteiger partial charge < -0.3 is 19.7 Å². The van der Waals surface area contributed by atoms with Crippen LogP contribution in [0.3, 0.4) is 0 Å². The molecule has 0 spiro atoms. The van der Waals surface area contributed by atoms with Crippen molar-refractivity contribution in [3.63, 3.8) is 0 Å². The van der Waals surface area contributed by atoms with Gasteiger partial charge in [0.15, 0.2) is 0 Å². The highest BCUT2D eigenvalue weighted by atomic mass is 16.4. The summed E-state index contributed by atoms with van der Waals surface area (Å²) in [7, 11) is 0. The second kappa shape index (κ2) is 6.96. The van der Waals surface area contributed by atoms with Crippen LogP contribution in [-0.2, 0) is 4.79 Å². The molecular weight excluding hydrogens is 322 g/mol. The lowest BCUT2D eigenvalue weighted by molar-refractivity contribution is -0.143. The van der Waals surface area contributed by atoms with Gasteiger partial charge in [-0.25, -0.2) is 9.78 Å². The van der Waals surface area contributed by atoms with E-state index < -0.39 is 5.97 Å². The highest BCUT2D eigenvalue weighted by Crippen LogP contribution is 2.26. The van der Waals surface area contributed by atoms with Crippen molar-refractivity contribution in [1.29, 1.82) is 0 Å². The molecule has 2 heterocycles. The first kappa shape index (κ1) is 17.0. The summed E-state index contributed by atoms with van der Waals surface area (Å²) in [4.78, 5) is 29.4. The summed E-state index contributed by atoms with van der Waals surface area (Å²) in [5.74, 6) is -0.637. The van der Waals surface area contributed by atoms with E-state index in [4.69, 9.17) is 9.52 Å². The highest BCUT2D eigenvalue weighted by molar-refractivity contribution is 5.91. The molecule has 1 aromatic heterocycles.